The second-order valence-corrected chi connectivity index (χ2v) is 24.5. The average Bonchev–Trinajstić information content (AvgIpc) is 4.25. The molecule has 5 nitrogen and oxygen atoms in total. The smallest absolute Gasteiger partial charge is 0.135 e. The number of pyridine rings is 1. The minimum Gasteiger partial charge on any atom is -0.509 e. The quantitative estimate of drug-likeness (QED) is 0.128. The Kier molecular flexibility index (Phi) is 13.3. The van der Waals surface area contributed by atoms with E-state index >= 15 is 0 Å². The van der Waals surface area contributed by atoms with E-state index in [9.17, 15) is 9.87 Å². The molecule has 0 N–H and O–H groups in total. The van der Waals surface area contributed by atoms with Gasteiger partial charge in [-0.15, -0.1) is 53.6 Å². The molecule has 8 aromatic carbocycles. The van der Waals surface area contributed by atoms with Gasteiger partial charge < -0.3 is 19.1 Å². The van der Waals surface area contributed by atoms with Gasteiger partial charge in [0.2, 0.25) is 0 Å². The average molecular weight is 1230 g/mol. The number of ether oxygens (including phenoxy) is 1. The van der Waals surface area contributed by atoms with E-state index < -0.39 is 5.41 Å². The fourth-order valence-electron chi connectivity index (χ4n) is 10.4. The molecule has 0 fully saturated rings. The van der Waals surface area contributed by atoms with Gasteiger partial charge in [0.1, 0.15) is 11.6 Å². The van der Waals surface area contributed by atoms with E-state index in [1.807, 2.05) is 86.5 Å². The molecule has 7 heteroatoms. The first kappa shape index (κ1) is 50.0. The van der Waals surface area contributed by atoms with E-state index in [2.05, 4.69) is 164 Å². The maximum Gasteiger partial charge on any atom is 0.135 e. The van der Waals surface area contributed by atoms with Gasteiger partial charge in [-0.3, -0.25) is 0 Å². The fraction of sp³-hybridized carbons (Fsp3) is 0.250. The third-order valence-corrected chi connectivity index (χ3v) is 15.0. The standard InChI is InChI=1S/C72H70FN4O.Pt/c1-45(2)49-34-50(46(3)4)36-52(35-49)63-40-55(72(11,12)13)39-62(48-24-28-56(73)29-25-48)69(63)76-44-75(65-20-16-17-21-66(65)76)57-37-51(47-22-26-53(27-23-47)70(5,6)7)38-59(42-57)78-58-30-31-61-60-18-14-15-19-64(60)77(67(61)43-58)68-41-54(32-33-74-68)71(8,9)10;/h14-41,44-46H,1-13H3;/q-3;/i22D,23D,26D,27D;. The zero-order valence-corrected chi connectivity index (χ0v) is 49.8. The molecule has 0 bridgehead atoms. The van der Waals surface area contributed by atoms with Gasteiger partial charge in [0, 0.05) is 72.5 Å². The predicted octanol–water partition coefficient (Wildman–Crippen LogP) is 20.3. The van der Waals surface area contributed by atoms with Crippen molar-refractivity contribution in [3.05, 3.63) is 222 Å². The van der Waals surface area contributed by atoms with Crippen molar-refractivity contribution >= 4 is 44.6 Å². The summed E-state index contributed by atoms with van der Waals surface area (Å²) in [6.45, 7) is 29.9. The Morgan fingerprint density at radius 3 is 1.78 bits per heavy atom. The Morgan fingerprint density at radius 2 is 1.15 bits per heavy atom. The number of nitrogens with zero attached hydrogens (tertiary/aromatic N) is 4. The molecule has 1 aliphatic rings. The molecule has 11 rings (SSSR count). The minimum atomic E-state index is -0.663. The van der Waals surface area contributed by atoms with Crippen LogP contribution < -0.4 is 14.5 Å². The predicted molar refractivity (Wildman–Crippen MR) is 325 cm³/mol. The summed E-state index contributed by atoms with van der Waals surface area (Å²) in [6, 6.07) is 53.2. The summed E-state index contributed by atoms with van der Waals surface area (Å²) in [5, 5.41) is 2.02. The van der Waals surface area contributed by atoms with E-state index in [4.69, 9.17) is 9.72 Å². The van der Waals surface area contributed by atoms with E-state index in [1.54, 1.807) is 6.07 Å². The summed E-state index contributed by atoms with van der Waals surface area (Å²) in [4.78, 5) is 9.15. The van der Waals surface area contributed by atoms with Crippen molar-refractivity contribution in [1.29, 1.82) is 0 Å². The Labute approximate surface area is 488 Å². The van der Waals surface area contributed by atoms with Gasteiger partial charge in [-0.1, -0.05) is 180 Å². The monoisotopic (exact) mass is 1220 g/mol. The van der Waals surface area contributed by atoms with Crippen molar-refractivity contribution in [2.75, 3.05) is 9.80 Å². The molecule has 0 radical (unpaired) electrons. The van der Waals surface area contributed by atoms with Gasteiger partial charge in [0.25, 0.3) is 0 Å². The number of halogens is 1. The third kappa shape index (κ3) is 10.8. The first-order valence-electron chi connectivity index (χ1n) is 29.2. The molecular formula is C72H70FN4OPt-3. The van der Waals surface area contributed by atoms with E-state index in [-0.39, 0.29) is 85.0 Å². The molecule has 0 aliphatic carbocycles. The Morgan fingerprint density at radius 1 is 0.544 bits per heavy atom. The van der Waals surface area contributed by atoms with Gasteiger partial charge >= 0.3 is 0 Å². The van der Waals surface area contributed by atoms with Crippen molar-refractivity contribution in [2.45, 2.75) is 118 Å². The molecule has 0 saturated heterocycles. The number of fused-ring (bicyclic) bond motifs is 4. The van der Waals surface area contributed by atoms with Crippen LogP contribution in [0.3, 0.4) is 0 Å². The number of anilines is 4. The Hall–Kier alpha value is -7.27. The van der Waals surface area contributed by atoms with Crippen LogP contribution in [0.1, 0.15) is 135 Å². The molecule has 404 valence electrons. The van der Waals surface area contributed by atoms with Crippen molar-refractivity contribution in [3.63, 3.8) is 0 Å². The second-order valence-electron chi connectivity index (χ2n) is 24.5. The SMILES string of the molecule is [2H]c1c([2H])c(C(C)(C)C)c([2H])c([2H])c1-c1cc(Oc2[c-]c3c(cc2)c2ccccc2n3-c2cc(C(C)(C)C)ccn2)[c-]c(N2[CH-]N(c3c(-c4ccc(F)cc4)cc(C(C)(C)C)cc3-c3cc(C(C)C)cc(C(C)C)c3)c3ccccc32)c1.[Pt]. The number of benzene rings is 8. The van der Waals surface area contributed by atoms with Crippen LogP contribution in [0, 0.1) is 24.6 Å². The normalized spacial score (nSPS) is 13.7. The summed E-state index contributed by atoms with van der Waals surface area (Å²) in [6.07, 6.45) is 1.85. The van der Waals surface area contributed by atoms with Crippen molar-refractivity contribution in [2.24, 2.45) is 0 Å². The largest absolute Gasteiger partial charge is 0.509 e. The molecule has 0 spiro atoms. The molecular weight excluding hydrogens is 1150 g/mol. The zero-order valence-electron chi connectivity index (χ0n) is 51.5. The van der Waals surface area contributed by atoms with Gasteiger partial charge in [-0.25, -0.2) is 9.37 Å². The third-order valence-electron chi connectivity index (χ3n) is 15.0. The number of aromatic nitrogens is 2. The molecule has 1 aliphatic heterocycles. The van der Waals surface area contributed by atoms with Gasteiger partial charge in [-0.05, 0) is 133 Å². The van der Waals surface area contributed by atoms with Gasteiger partial charge in [0.15, 0.2) is 0 Å². The van der Waals surface area contributed by atoms with Crippen LogP contribution in [0.2, 0.25) is 0 Å². The Bertz CT molecular complexity index is 4090. The van der Waals surface area contributed by atoms with Crippen LogP contribution in [0.15, 0.2) is 170 Å². The van der Waals surface area contributed by atoms with Crippen LogP contribution in [0.4, 0.5) is 27.1 Å². The molecule has 0 unspecified atom stereocenters. The first-order chi connectivity index (χ1) is 38.8. The summed E-state index contributed by atoms with van der Waals surface area (Å²) < 4.78 is 61.9. The maximum atomic E-state index is 14.9. The Balaban J connectivity index is 0.00000769. The zero-order chi connectivity index (χ0) is 58.5. The van der Waals surface area contributed by atoms with Crippen LogP contribution in [0.25, 0.3) is 61.0 Å². The molecule has 10 aromatic rings. The van der Waals surface area contributed by atoms with Crippen LogP contribution >= 0.6 is 0 Å². The van der Waals surface area contributed by atoms with E-state index in [0.717, 1.165) is 78.1 Å². The van der Waals surface area contributed by atoms with Gasteiger partial charge in [0.05, 0.1) is 5.48 Å². The summed E-state index contributed by atoms with van der Waals surface area (Å²) in [5.41, 5.74) is 13.3. The van der Waals surface area contributed by atoms with Crippen molar-refractivity contribution < 1.29 is 35.7 Å². The topological polar surface area (TPSA) is 33.5 Å². The first-order valence-corrected chi connectivity index (χ1v) is 27.2. The molecule has 2 aromatic heterocycles. The van der Waals surface area contributed by atoms with Crippen LogP contribution in [-0.2, 0) is 37.3 Å². The van der Waals surface area contributed by atoms with Crippen molar-refractivity contribution in [3.8, 4) is 50.7 Å². The van der Waals surface area contributed by atoms with Crippen molar-refractivity contribution in [1.82, 2.24) is 9.55 Å². The second kappa shape index (κ2) is 21.1. The number of rotatable bonds is 10. The number of hydrogen-bond donors (Lipinski definition) is 0. The maximum absolute atomic E-state index is 14.9. The number of hydrogen-bond acceptors (Lipinski definition) is 4. The van der Waals surface area contributed by atoms with E-state index in [1.165, 1.54) is 23.3 Å². The molecule has 79 heavy (non-hydrogen) atoms. The molecule has 0 amide bonds. The molecule has 0 saturated carbocycles. The molecule has 0 atom stereocenters. The van der Waals surface area contributed by atoms with Crippen LogP contribution in [0.5, 0.6) is 11.5 Å². The van der Waals surface area contributed by atoms with Crippen LogP contribution in [-0.4, -0.2) is 9.55 Å². The number of para-hydroxylation sites is 3. The summed E-state index contributed by atoms with van der Waals surface area (Å²) >= 11 is 0. The summed E-state index contributed by atoms with van der Waals surface area (Å²) in [5.74, 6) is 1.63. The molecule has 3 heterocycles. The van der Waals surface area contributed by atoms with E-state index in [0.29, 0.717) is 22.6 Å². The summed E-state index contributed by atoms with van der Waals surface area (Å²) in [7, 11) is 0. The van der Waals surface area contributed by atoms with Gasteiger partial charge in [-0.2, -0.15) is 6.07 Å². The fourth-order valence-corrected chi connectivity index (χ4v) is 10.4. The minimum absolute atomic E-state index is 0.